The summed E-state index contributed by atoms with van der Waals surface area (Å²) in [6.07, 6.45) is 3.79. The number of methoxy groups -OCH3 is 1. The maximum absolute atomic E-state index is 11.9. The van der Waals surface area contributed by atoms with Gasteiger partial charge in [0.05, 0.1) is 17.4 Å². The Labute approximate surface area is 124 Å². The van der Waals surface area contributed by atoms with Crippen LogP contribution >= 0.6 is 0 Å². The summed E-state index contributed by atoms with van der Waals surface area (Å²) in [6.45, 7) is 0. The average Bonchev–Trinajstić information content (AvgIpc) is 2.90. The minimum Gasteiger partial charge on any atom is -0.496 e. The van der Waals surface area contributed by atoms with Gasteiger partial charge in [-0.2, -0.15) is 0 Å². The molecule has 1 fully saturated rings. The number of piperidine rings is 1. The van der Waals surface area contributed by atoms with E-state index in [0.29, 0.717) is 22.9 Å². The number of nitro groups is 1. The Morgan fingerprint density at radius 3 is 2.68 bits per heavy atom. The maximum atomic E-state index is 11.9. The molecule has 2 amide bonds. The third-order valence-electron chi connectivity index (χ3n) is 3.77. The van der Waals surface area contributed by atoms with Crippen molar-refractivity contribution in [3.63, 3.8) is 0 Å². The number of nitrogens with zero attached hydrogens (tertiary/aromatic N) is 2. The van der Waals surface area contributed by atoms with Gasteiger partial charge >= 0.3 is 0 Å². The second-order valence-electron chi connectivity index (χ2n) is 5.04. The normalized spacial score (nSPS) is 18.3. The van der Waals surface area contributed by atoms with E-state index in [2.05, 4.69) is 5.32 Å². The van der Waals surface area contributed by atoms with Crippen LogP contribution in [-0.4, -0.2) is 28.4 Å². The topological polar surface area (TPSA) is 103 Å². The number of aromatic nitrogens is 1. The van der Waals surface area contributed by atoms with Crippen molar-refractivity contribution >= 4 is 28.3 Å². The SMILES string of the molecule is COc1ccc([N+](=O)[O-])c2cn(C3CCC(=O)NC3=O)cc12. The van der Waals surface area contributed by atoms with Crippen LogP contribution in [0, 0.1) is 10.1 Å². The van der Waals surface area contributed by atoms with Crippen molar-refractivity contribution in [2.75, 3.05) is 7.11 Å². The Morgan fingerprint density at radius 2 is 2.05 bits per heavy atom. The number of amides is 2. The molecule has 3 rings (SSSR count). The Balaban J connectivity index is 2.12. The number of fused-ring (bicyclic) bond motifs is 1. The van der Waals surface area contributed by atoms with Crippen LogP contribution in [0.1, 0.15) is 18.9 Å². The quantitative estimate of drug-likeness (QED) is 0.526. The van der Waals surface area contributed by atoms with E-state index in [1.54, 1.807) is 17.0 Å². The molecule has 0 saturated carbocycles. The second kappa shape index (κ2) is 5.14. The lowest BCUT2D eigenvalue weighted by Crippen LogP contribution is -2.41. The van der Waals surface area contributed by atoms with Gasteiger partial charge in [0, 0.05) is 30.3 Å². The summed E-state index contributed by atoms with van der Waals surface area (Å²) in [5, 5.41) is 14.4. The largest absolute Gasteiger partial charge is 0.496 e. The Morgan fingerprint density at radius 1 is 1.32 bits per heavy atom. The molecule has 8 heteroatoms. The summed E-state index contributed by atoms with van der Waals surface area (Å²) in [4.78, 5) is 33.8. The summed E-state index contributed by atoms with van der Waals surface area (Å²) in [5.41, 5.74) is -0.0538. The number of nitro benzene ring substituents is 1. The van der Waals surface area contributed by atoms with Gasteiger partial charge in [0.1, 0.15) is 11.8 Å². The molecule has 1 atom stereocenters. The van der Waals surface area contributed by atoms with Gasteiger partial charge in [-0.25, -0.2) is 0 Å². The monoisotopic (exact) mass is 303 g/mol. The molecule has 1 N–H and O–H groups in total. The molecule has 1 aromatic heterocycles. The third-order valence-corrected chi connectivity index (χ3v) is 3.77. The zero-order chi connectivity index (χ0) is 15.9. The zero-order valence-electron chi connectivity index (χ0n) is 11.7. The predicted octanol–water partition coefficient (Wildman–Crippen LogP) is 1.54. The van der Waals surface area contributed by atoms with Crippen molar-refractivity contribution < 1.29 is 19.2 Å². The Kier molecular flexibility index (Phi) is 3.28. The number of nitrogens with one attached hydrogen (secondary N) is 1. The van der Waals surface area contributed by atoms with Gasteiger partial charge in [-0.15, -0.1) is 0 Å². The van der Waals surface area contributed by atoms with Crippen LogP contribution < -0.4 is 10.1 Å². The Bertz CT molecular complexity index is 795. The first-order valence-corrected chi connectivity index (χ1v) is 6.67. The molecule has 0 bridgehead atoms. The number of imide groups is 1. The van der Waals surface area contributed by atoms with Gasteiger partial charge in [-0.05, 0) is 12.5 Å². The van der Waals surface area contributed by atoms with Crippen molar-refractivity contribution in [1.29, 1.82) is 0 Å². The fraction of sp³-hybridized carbons (Fsp3) is 0.286. The number of benzene rings is 1. The number of ether oxygens (including phenoxy) is 1. The summed E-state index contributed by atoms with van der Waals surface area (Å²) in [7, 11) is 1.48. The molecule has 1 aromatic carbocycles. The lowest BCUT2D eigenvalue weighted by molar-refractivity contribution is -0.383. The van der Waals surface area contributed by atoms with E-state index in [9.17, 15) is 19.7 Å². The first-order chi connectivity index (χ1) is 10.5. The van der Waals surface area contributed by atoms with Crippen LogP contribution in [0.4, 0.5) is 5.69 Å². The minimum absolute atomic E-state index is 0.0538. The van der Waals surface area contributed by atoms with Gasteiger partial charge in [0.25, 0.3) is 5.69 Å². The molecular weight excluding hydrogens is 290 g/mol. The second-order valence-corrected chi connectivity index (χ2v) is 5.04. The highest BCUT2D eigenvalue weighted by atomic mass is 16.6. The lowest BCUT2D eigenvalue weighted by Gasteiger charge is -2.21. The van der Waals surface area contributed by atoms with Crippen LogP contribution in [0.25, 0.3) is 10.8 Å². The molecule has 22 heavy (non-hydrogen) atoms. The van der Waals surface area contributed by atoms with E-state index >= 15 is 0 Å². The summed E-state index contributed by atoms with van der Waals surface area (Å²) >= 11 is 0. The third kappa shape index (κ3) is 2.18. The smallest absolute Gasteiger partial charge is 0.279 e. The molecule has 1 aliphatic heterocycles. The molecular formula is C14H13N3O5. The van der Waals surface area contributed by atoms with Crippen molar-refractivity contribution in [1.82, 2.24) is 9.88 Å². The maximum Gasteiger partial charge on any atom is 0.279 e. The van der Waals surface area contributed by atoms with Crippen LogP contribution in [0.15, 0.2) is 24.5 Å². The molecule has 0 aliphatic carbocycles. The zero-order valence-corrected chi connectivity index (χ0v) is 11.7. The van der Waals surface area contributed by atoms with Crippen LogP contribution in [0.3, 0.4) is 0 Å². The fourth-order valence-electron chi connectivity index (χ4n) is 2.69. The van der Waals surface area contributed by atoms with Crippen molar-refractivity contribution in [2.24, 2.45) is 0 Å². The minimum atomic E-state index is -0.561. The van der Waals surface area contributed by atoms with Gasteiger partial charge < -0.3 is 9.30 Å². The number of non-ortho nitro benzene ring substituents is 1. The first kappa shape index (κ1) is 14.1. The molecule has 0 spiro atoms. The van der Waals surface area contributed by atoms with Crippen LogP contribution in [-0.2, 0) is 9.59 Å². The summed E-state index contributed by atoms with van der Waals surface area (Å²) in [6, 6.07) is 2.33. The standard InChI is InChI=1S/C14H13N3O5/c1-22-12-4-2-10(17(20)21)8-6-16(7-9(8)12)11-3-5-13(18)15-14(11)19/h2,4,6-7,11H,3,5H2,1H3,(H,15,18,19). The highest BCUT2D eigenvalue weighted by molar-refractivity contribution is 6.00. The molecule has 114 valence electrons. The molecule has 2 heterocycles. The van der Waals surface area contributed by atoms with Gasteiger partial charge in [-0.3, -0.25) is 25.0 Å². The molecule has 8 nitrogen and oxygen atoms in total. The molecule has 1 aliphatic rings. The highest BCUT2D eigenvalue weighted by Gasteiger charge is 2.29. The number of carbonyl (C=O) groups is 2. The van der Waals surface area contributed by atoms with E-state index < -0.39 is 16.9 Å². The summed E-state index contributed by atoms with van der Waals surface area (Å²) in [5.74, 6) is -0.216. The van der Waals surface area contributed by atoms with Crippen molar-refractivity contribution in [2.45, 2.75) is 18.9 Å². The van der Waals surface area contributed by atoms with E-state index in [1.165, 1.54) is 19.2 Å². The predicted molar refractivity (Wildman–Crippen MR) is 76.6 cm³/mol. The molecule has 0 radical (unpaired) electrons. The molecule has 1 saturated heterocycles. The number of hydrogen-bond acceptors (Lipinski definition) is 5. The number of rotatable bonds is 3. The van der Waals surface area contributed by atoms with E-state index in [4.69, 9.17) is 4.74 Å². The van der Waals surface area contributed by atoms with Gasteiger partial charge in [0.2, 0.25) is 11.8 Å². The van der Waals surface area contributed by atoms with Crippen LogP contribution in [0.5, 0.6) is 5.75 Å². The van der Waals surface area contributed by atoms with E-state index in [-0.39, 0.29) is 18.0 Å². The Hall–Kier alpha value is -2.90. The first-order valence-electron chi connectivity index (χ1n) is 6.67. The number of carbonyl (C=O) groups excluding carboxylic acids is 2. The lowest BCUT2D eigenvalue weighted by atomic mass is 10.1. The fourth-order valence-corrected chi connectivity index (χ4v) is 2.69. The highest BCUT2D eigenvalue weighted by Crippen LogP contribution is 2.35. The van der Waals surface area contributed by atoms with Gasteiger partial charge in [-0.1, -0.05) is 0 Å². The molecule has 2 aromatic rings. The van der Waals surface area contributed by atoms with Crippen LogP contribution in [0.2, 0.25) is 0 Å². The average molecular weight is 303 g/mol. The van der Waals surface area contributed by atoms with Crippen molar-refractivity contribution in [3.8, 4) is 5.75 Å². The van der Waals surface area contributed by atoms with Gasteiger partial charge in [0.15, 0.2) is 0 Å². The number of hydrogen-bond donors (Lipinski definition) is 1. The summed E-state index contributed by atoms with van der Waals surface area (Å²) < 4.78 is 6.82. The van der Waals surface area contributed by atoms with E-state index in [1.807, 2.05) is 0 Å². The van der Waals surface area contributed by atoms with E-state index in [0.717, 1.165) is 0 Å². The van der Waals surface area contributed by atoms with Crippen molar-refractivity contribution in [3.05, 3.63) is 34.6 Å². The molecule has 1 unspecified atom stereocenters.